The topological polar surface area (TPSA) is 55.1 Å². The second-order valence-corrected chi connectivity index (χ2v) is 2.53. The molecule has 0 spiro atoms. The number of hydrogen-bond donors (Lipinski definition) is 1. The highest BCUT2D eigenvalue weighted by atomic mass is 16.4. The Morgan fingerprint density at radius 2 is 2.50 bits per heavy atom. The molecule has 66 valence electrons. The second kappa shape index (κ2) is 3.90. The van der Waals surface area contributed by atoms with Crippen molar-refractivity contribution in [1.29, 1.82) is 0 Å². The van der Waals surface area contributed by atoms with Gasteiger partial charge in [-0.25, -0.2) is 4.98 Å². The van der Waals surface area contributed by atoms with E-state index in [9.17, 15) is 4.79 Å². The highest BCUT2D eigenvalue weighted by molar-refractivity contribution is 5.66. The standard InChI is InChI=1S/C8H12N2O2/c1-2-7-9-4-6-10(7)5-3-8(11)12/h4,6H,2-3,5H2,1H3,(H,11,12). The third-order valence-corrected chi connectivity index (χ3v) is 1.68. The van der Waals surface area contributed by atoms with Crippen molar-refractivity contribution in [2.75, 3.05) is 0 Å². The van der Waals surface area contributed by atoms with Gasteiger partial charge in [0.05, 0.1) is 6.42 Å². The molecule has 1 heterocycles. The molecule has 0 aliphatic heterocycles. The molecule has 0 aliphatic rings. The van der Waals surface area contributed by atoms with Crippen LogP contribution in [0.4, 0.5) is 0 Å². The Kier molecular flexibility index (Phi) is 2.85. The highest BCUT2D eigenvalue weighted by Crippen LogP contribution is 1.99. The zero-order valence-corrected chi connectivity index (χ0v) is 7.03. The number of aromatic nitrogens is 2. The smallest absolute Gasteiger partial charge is 0.305 e. The minimum absolute atomic E-state index is 0.156. The van der Waals surface area contributed by atoms with Crippen molar-refractivity contribution in [2.45, 2.75) is 26.3 Å². The Labute approximate surface area is 70.9 Å². The first-order valence-corrected chi connectivity index (χ1v) is 3.96. The predicted molar refractivity (Wildman–Crippen MR) is 43.9 cm³/mol. The first-order valence-electron chi connectivity index (χ1n) is 3.96. The van der Waals surface area contributed by atoms with Gasteiger partial charge < -0.3 is 9.67 Å². The van der Waals surface area contributed by atoms with Crippen LogP contribution in [0.2, 0.25) is 0 Å². The molecule has 1 rings (SSSR count). The average Bonchev–Trinajstić information content (AvgIpc) is 2.47. The van der Waals surface area contributed by atoms with Gasteiger partial charge in [-0.2, -0.15) is 0 Å². The Hall–Kier alpha value is -1.32. The summed E-state index contributed by atoms with van der Waals surface area (Å²) in [7, 11) is 0. The van der Waals surface area contributed by atoms with Crippen LogP contribution in [0.5, 0.6) is 0 Å². The predicted octanol–water partition coefficient (Wildman–Crippen LogP) is 0.920. The van der Waals surface area contributed by atoms with E-state index in [0.29, 0.717) is 6.54 Å². The summed E-state index contributed by atoms with van der Waals surface area (Å²) >= 11 is 0. The third-order valence-electron chi connectivity index (χ3n) is 1.68. The summed E-state index contributed by atoms with van der Waals surface area (Å²) in [6.45, 7) is 2.51. The molecule has 1 aromatic heterocycles. The minimum atomic E-state index is -0.772. The van der Waals surface area contributed by atoms with Gasteiger partial charge in [0.25, 0.3) is 0 Å². The molecular weight excluding hydrogens is 156 g/mol. The fraction of sp³-hybridized carbons (Fsp3) is 0.500. The van der Waals surface area contributed by atoms with Gasteiger partial charge in [0, 0.05) is 25.4 Å². The van der Waals surface area contributed by atoms with Crippen LogP contribution >= 0.6 is 0 Å². The summed E-state index contributed by atoms with van der Waals surface area (Å²) in [5.41, 5.74) is 0. The van der Waals surface area contributed by atoms with Gasteiger partial charge in [-0.05, 0) is 0 Å². The van der Waals surface area contributed by atoms with Crippen LogP contribution in [0, 0.1) is 0 Å². The zero-order valence-electron chi connectivity index (χ0n) is 7.03. The average molecular weight is 168 g/mol. The lowest BCUT2D eigenvalue weighted by molar-refractivity contribution is -0.137. The van der Waals surface area contributed by atoms with Gasteiger partial charge in [0.2, 0.25) is 0 Å². The number of rotatable bonds is 4. The fourth-order valence-electron chi connectivity index (χ4n) is 1.07. The minimum Gasteiger partial charge on any atom is -0.481 e. The second-order valence-electron chi connectivity index (χ2n) is 2.53. The van der Waals surface area contributed by atoms with E-state index in [4.69, 9.17) is 5.11 Å². The molecule has 0 amide bonds. The lowest BCUT2D eigenvalue weighted by atomic mass is 10.4. The largest absolute Gasteiger partial charge is 0.481 e. The monoisotopic (exact) mass is 168 g/mol. The molecule has 0 atom stereocenters. The van der Waals surface area contributed by atoms with E-state index in [1.165, 1.54) is 0 Å². The van der Waals surface area contributed by atoms with Crippen LogP contribution in [-0.4, -0.2) is 20.6 Å². The number of carboxylic acids is 1. The van der Waals surface area contributed by atoms with E-state index >= 15 is 0 Å². The maximum Gasteiger partial charge on any atom is 0.305 e. The first kappa shape index (κ1) is 8.77. The molecule has 0 fully saturated rings. The SMILES string of the molecule is CCc1nccn1CCC(=O)O. The zero-order chi connectivity index (χ0) is 8.97. The summed E-state index contributed by atoms with van der Waals surface area (Å²) in [5, 5.41) is 8.44. The van der Waals surface area contributed by atoms with Crippen molar-refractivity contribution in [2.24, 2.45) is 0 Å². The molecule has 0 aliphatic carbocycles. The van der Waals surface area contributed by atoms with E-state index in [-0.39, 0.29) is 6.42 Å². The summed E-state index contributed by atoms with van der Waals surface area (Å²) in [6.07, 6.45) is 4.50. The Morgan fingerprint density at radius 3 is 3.08 bits per heavy atom. The van der Waals surface area contributed by atoms with Gasteiger partial charge in [-0.15, -0.1) is 0 Å². The maximum absolute atomic E-state index is 10.3. The van der Waals surface area contributed by atoms with Crippen LogP contribution < -0.4 is 0 Å². The van der Waals surface area contributed by atoms with E-state index in [2.05, 4.69) is 4.98 Å². The summed E-state index contributed by atoms with van der Waals surface area (Å²) < 4.78 is 1.87. The van der Waals surface area contributed by atoms with Crippen LogP contribution in [0.3, 0.4) is 0 Å². The van der Waals surface area contributed by atoms with Crippen molar-refractivity contribution >= 4 is 5.97 Å². The molecule has 0 radical (unpaired) electrons. The Balaban J connectivity index is 2.56. The summed E-state index contributed by atoms with van der Waals surface area (Å²) in [6, 6.07) is 0. The summed E-state index contributed by atoms with van der Waals surface area (Å²) in [5.74, 6) is 0.169. The molecular formula is C8H12N2O2. The van der Waals surface area contributed by atoms with E-state index in [0.717, 1.165) is 12.2 Å². The molecule has 4 nitrogen and oxygen atoms in total. The van der Waals surface area contributed by atoms with E-state index in [1.54, 1.807) is 6.20 Å². The molecule has 1 N–H and O–H groups in total. The highest BCUT2D eigenvalue weighted by Gasteiger charge is 2.01. The van der Waals surface area contributed by atoms with Gasteiger partial charge in [-0.3, -0.25) is 4.79 Å². The van der Waals surface area contributed by atoms with Gasteiger partial charge in [0.1, 0.15) is 5.82 Å². The van der Waals surface area contributed by atoms with E-state index < -0.39 is 5.97 Å². The molecule has 0 bridgehead atoms. The number of nitrogens with zero attached hydrogens (tertiary/aromatic N) is 2. The molecule has 0 aromatic carbocycles. The number of carbonyl (C=O) groups is 1. The lowest BCUT2D eigenvalue weighted by Crippen LogP contribution is -2.06. The van der Waals surface area contributed by atoms with E-state index in [1.807, 2.05) is 17.7 Å². The third kappa shape index (κ3) is 2.08. The van der Waals surface area contributed by atoms with Crippen molar-refractivity contribution in [3.05, 3.63) is 18.2 Å². The van der Waals surface area contributed by atoms with Gasteiger partial charge >= 0.3 is 5.97 Å². The molecule has 4 heteroatoms. The van der Waals surface area contributed by atoms with Crippen molar-refractivity contribution in [1.82, 2.24) is 9.55 Å². The van der Waals surface area contributed by atoms with Crippen LogP contribution in [-0.2, 0) is 17.8 Å². The quantitative estimate of drug-likeness (QED) is 0.727. The number of imidazole rings is 1. The van der Waals surface area contributed by atoms with Crippen LogP contribution in [0.1, 0.15) is 19.2 Å². The Morgan fingerprint density at radius 1 is 1.75 bits per heavy atom. The molecule has 1 aromatic rings. The van der Waals surface area contributed by atoms with Crippen molar-refractivity contribution in [3.63, 3.8) is 0 Å². The first-order chi connectivity index (χ1) is 5.74. The molecule has 12 heavy (non-hydrogen) atoms. The van der Waals surface area contributed by atoms with Crippen LogP contribution in [0.15, 0.2) is 12.4 Å². The molecule has 0 saturated heterocycles. The maximum atomic E-state index is 10.3. The van der Waals surface area contributed by atoms with Gasteiger partial charge in [0.15, 0.2) is 0 Å². The number of hydrogen-bond acceptors (Lipinski definition) is 2. The van der Waals surface area contributed by atoms with Gasteiger partial charge in [-0.1, -0.05) is 6.92 Å². The number of aliphatic carboxylic acids is 1. The summed E-state index contributed by atoms with van der Waals surface area (Å²) in [4.78, 5) is 14.3. The number of aryl methyl sites for hydroxylation is 2. The fourth-order valence-corrected chi connectivity index (χ4v) is 1.07. The lowest BCUT2D eigenvalue weighted by Gasteiger charge is -2.02. The molecule has 0 saturated carbocycles. The van der Waals surface area contributed by atoms with Crippen LogP contribution in [0.25, 0.3) is 0 Å². The Bertz CT molecular complexity index is 268. The molecule has 0 unspecified atom stereocenters. The normalized spacial score (nSPS) is 10.1. The number of carboxylic acid groups (broad SMARTS) is 1. The van der Waals surface area contributed by atoms with Crippen molar-refractivity contribution < 1.29 is 9.90 Å². The van der Waals surface area contributed by atoms with Crippen molar-refractivity contribution in [3.8, 4) is 0 Å².